The third-order valence-electron chi connectivity index (χ3n) is 4.56. The number of nitrogens with one attached hydrogen (secondary N) is 1. The first-order valence-electron chi connectivity index (χ1n) is 9.49. The van der Waals surface area contributed by atoms with E-state index in [1.807, 2.05) is 13.8 Å². The first kappa shape index (κ1) is 21.4. The van der Waals surface area contributed by atoms with Gasteiger partial charge in [-0.1, -0.05) is 0 Å². The second-order valence-electron chi connectivity index (χ2n) is 7.34. The summed E-state index contributed by atoms with van der Waals surface area (Å²) in [5.74, 6) is 0.774. The van der Waals surface area contributed by atoms with Crippen molar-refractivity contribution in [1.29, 1.82) is 0 Å². The SMILES string of the molecule is Cc1cc(N2CCCCS2(=O)=O)ccc1S(=O)(=O)Nc1ccc(OC(C)C)cc1. The Morgan fingerprint density at radius 3 is 2.34 bits per heavy atom. The number of ether oxygens (including phenoxy) is 1. The minimum absolute atomic E-state index is 0.0300. The quantitative estimate of drug-likeness (QED) is 0.745. The van der Waals surface area contributed by atoms with E-state index in [0.717, 1.165) is 6.42 Å². The number of hydrogen-bond donors (Lipinski definition) is 1. The molecule has 1 aliphatic rings. The fourth-order valence-electron chi connectivity index (χ4n) is 3.25. The lowest BCUT2D eigenvalue weighted by atomic mass is 10.2. The van der Waals surface area contributed by atoms with Crippen LogP contribution in [0.15, 0.2) is 47.4 Å². The molecule has 0 saturated carbocycles. The maximum absolute atomic E-state index is 12.8. The Bertz CT molecular complexity index is 1080. The summed E-state index contributed by atoms with van der Waals surface area (Å²) in [7, 11) is -7.16. The van der Waals surface area contributed by atoms with Gasteiger partial charge in [-0.05, 0) is 81.6 Å². The number of nitrogens with zero attached hydrogens (tertiary/aromatic N) is 1. The Labute approximate surface area is 172 Å². The molecule has 9 heteroatoms. The van der Waals surface area contributed by atoms with Crippen molar-refractivity contribution in [3.05, 3.63) is 48.0 Å². The third kappa shape index (κ3) is 5.02. The van der Waals surface area contributed by atoms with Crippen LogP contribution in [0.4, 0.5) is 11.4 Å². The van der Waals surface area contributed by atoms with E-state index in [0.29, 0.717) is 35.7 Å². The minimum atomic E-state index is -3.81. The van der Waals surface area contributed by atoms with E-state index in [1.54, 1.807) is 43.3 Å². The molecule has 0 spiro atoms. The van der Waals surface area contributed by atoms with Gasteiger partial charge in [0.15, 0.2) is 0 Å². The van der Waals surface area contributed by atoms with E-state index in [-0.39, 0.29) is 16.8 Å². The van der Waals surface area contributed by atoms with E-state index in [9.17, 15) is 16.8 Å². The summed E-state index contributed by atoms with van der Waals surface area (Å²) < 4.78 is 59.7. The highest BCUT2D eigenvalue weighted by atomic mass is 32.2. The zero-order chi connectivity index (χ0) is 21.2. The molecule has 1 aliphatic heterocycles. The van der Waals surface area contributed by atoms with Crippen molar-refractivity contribution < 1.29 is 21.6 Å². The lowest BCUT2D eigenvalue weighted by Gasteiger charge is -2.28. The summed E-state index contributed by atoms with van der Waals surface area (Å²) in [5, 5.41) is 0. The molecular formula is C20H26N2O5S2. The molecule has 3 rings (SSSR count). The largest absolute Gasteiger partial charge is 0.491 e. The summed E-state index contributed by atoms with van der Waals surface area (Å²) in [6.07, 6.45) is 1.47. The van der Waals surface area contributed by atoms with Crippen molar-refractivity contribution >= 4 is 31.4 Å². The van der Waals surface area contributed by atoms with Gasteiger partial charge in [0.25, 0.3) is 10.0 Å². The Kier molecular flexibility index (Phi) is 6.09. The topological polar surface area (TPSA) is 92.8 Å². The van der Waals surface area contributed by atoms with Crippen LogP contribution in [0.25, 0.3) is 0 Å². The predicted octanol–water partition coefficient (Wildman–Crippen LogP) is 3.51. The standard InChI is InChI=1S/C20H26N2O5S2/c1-15(2)27-19-9-6-17(7-10-19)21-29(25,26)20-11-8-18(14-16(20)3)22-12-4-5-13-28(22,23)24/h6-11,14-15,21H,4-5,12-13H2,1-3H3. The molecule has 1 saturated heterocycles. The summed E-state index contributed by atoms with van der Waals surface area (Å²) in [6, 6.07) is 11.3. The van der Waals surface area contributed by atoms with Gasteiger partial charge in [0.2, 0.25) is 10.0 Å². The Hall–Kier alpha value is -2.26. The van der Waals surface area contributed by atoms with E-state index in [1.165, 1.54) is 10.4 Å². The van der Waals surface area contributed by atoms with Gasteiger partial charge in [0.05, 0.1) is 22.4 Å². The molecule has 0 unspecified atom stereocenters. The van der Waals surface area contributed by atoms with E-state index >= 15 is 0 Å². The molecule has 0 amide bonds. The highest BCUT2D eigenvalue weighted by molar-refractivity contribution is 7.93. The van der Waals surface area contributed by atoms with Crippen LogP contribution in [-0.2, 0) is 20.0 Å². The molecule has 29 heavy (non-hydrogen) atoms. The van der Waals surface area contributed by atoms with Crippen molar-refractivity contribution in [2.75, 3.05) is 21.3 Å². The first-order valence-corrected chi connectivity index (χ1v) is 12.6. The van der Waals surface area contributed by atoms with Gasteiger partial charge in [0.1, 0.15) is 5.75 Å². The van der Waals surface area contributed by atoms with Gasteiger partial charge in [-0.3, -0.25) is 9.03 Å². The lowest BCUT2D eigenvalue weighted by Crippen LogP contribution is -2.37. The van der Waals surface area contributed by atoms with Crippen molar-refractivity contribution in [2.45, 2.75) is 44.6 Å². The van der Waals surface area contributed by atoms with Crippen LogP contribution in [0.1, 0.15) is 32.3 Å². The number of aryl methyl sites for hydroxylation is 1. The van der Waals surface area contributed by atoms with E-state index in [4.69, 9.17) is 4.74 Å². The minimum Gasteiger partial charge on any atom is -0.491 e. The summed E-state index contributed by atoms with van der Waals surface area (Å²) in [6.45, 7) is 5.90. The van der Waals surface area contributed by atoms with E-state index < -0.39 is 20.0 Å². The average Bonchev–Trinajstić information content (AvgIpc) is 2.62. The summed E-state index contributed by atoms with van der Waals surface area (Å²) in [4.78, 5) is 0.109. The van der Waals surface area contributed by atoms with Crippen molar-refractivity contribution in [2.24, 2.45) is 0 Å². The molecule has 158 valence electrons. The molecule has 0 bridgehead atoms. The number of anilines is 2. The molecular weight excluding hydrogens is 412 g/mol. The smallest absolute Gasteiger partial charge is 0.262 e. The highest BCUT2D eigenvalue weighted by Gasteiger charge is 2.27. The number of benzene rings is 2. The Morgan fingerprint density at radius 2 is 1.76 bits per heavy atom. The van der Waals surface area contributed by atoms with Crippen LogP contribution in [0.2, 0.25) is 0 Å². The number of rotatable bonds is 6. The zero-order valence-corrected chi connectivity index (χ0v) is 18.4. The molecule has 1 N–H and O–H groups in total. The molecule has 0 atom stereocenters. The number of sulfonamides is 2. The fraction of sp³-hybridized carbons (Fsp3) is 0.400. The molecule has 0 radical (unpaired) electrons. The molecule has 1 fully saturated rings. The van der Waals surface area contributed by atoms with Crippen LogP contribution in [-0.4, -0.2) is 35.2 Å². The van der Waals surface area contributed by atoms with Crippen molar-refractivity contribution in [1.82, 2.24) is 0 Å². The van der Waals surface area contributed by atoms with Gasteiger partial charge >= 0.3 is 0 Å². The van der Waals surface area contributed by atoms with Gasteiger partial charge in [-0.15, -0.1) is 0 Å². The molecule has 1 heterocycles. The Balaban J connectivity index is 1.82. The second kappa shape index (κ2) is 8.23. The number of hydrogen-bond acceptors (Lipinski definition) is 5. The Morgan fingerprint density at radius 1 is 1.07 bits per heavy atom. The maximum atomic E-state index is 12.8. The molecule has 7 nitrogen and oxygen atoms in total. The fourth-order valence-corrected chi connectivity index (χ4v) is 6.17. The van der Waals surface area contributed by atoms with Gasteiger partial charge < -0.3 is 4.74 Å². The normalized spacial score (nSPS) is 16.6. The molecule has 0 aromatic heterocycles. The average molecular weight is 439 g/mol. The zero-order valence-electron chi connectivity index (χ0n) is 16.8. The van der Waals surface area contributed by atoms with Crippen LogP contribution >= 0.6 is 0 Å². The highest BCUT2D eigenvalue weighted by Crippen LogP contribution is 2.28. The third-order valence-corrected chi connectivity index (χ3v) is 7.97. The summed E-state index contributed by atoms with van der Waals surface area (Å²) in [5.41, 5.74) is 1.40. The molecule has 2 aromatic carbocycles. The molecule has 2 aromatic rings. The van der Waals surface area contributed by atoms with Gasteiger partial charge in [0, 0.05) is 12.2 Å². The van der Waals surface area contributed by atoms with Crippen molar-refractivity contribution in [3.63, 3.8) is 0 Å². The van der Waals surface area contributed by atoms with Gasteiger partial charge in [-0.25, -0.2) is 16.8 Å². The predicted molar refractivity (Wildman–Crippen MR) is 115 cm³/mol. The van der Waals surface area contributed by atoms with Crippen LogP contribution < -0.4 is 13.8 Å². The van der Waals surface area contributed by atoms with Crippen molar-refractivity contribution in [3.8, 4) is 5.75 Å². The summed E-state index contributed by atoms with van der Waals surface area (Å²) >= 11 is 0. The van der Waals surface area contributed by atoms with E-state index in [2.05, 4.69) is 4.72 Å². The van der Waals surface area contributed by atoms with Crippen LogP contribution in [0.3, 0.4) is 0 Å². The van der Waals surface area contributed by atoms with Crippen LogP contribution in [0, 0.1) is 6.92 Å². The lowest BCUT2D eigenvalue weighted by molar-refractivity contribution is 0.242. The first-order chi connectivity index (χ1) is 13.6. The second-order valence-corrected chi connectivity index (χ2v) is 11.0. The van der Waals surface area contributed by atoms with Gasteiger partial charge in [-0.2, -0.15) is 0 Å². The maximum Gasteiger partial charge on any atom is 0.262 e. The van der Waals surface area contributed by atoms with Crippen LogP contribution in [0.5, 0.6) is 5.75 Å². The monoisotopic (exact) mass is 438 g/mol. The molecule has 0 aliphatic carbocycles.